The van der Waals surface area contributed by atoms with E-state index in [1.807, 2.05) is 49.9 Å². The molecule has 0 unspecified atom stereocenters. The maximum Gasteiger partial charge on any atom is 0.338 e. The Balaban J connectivity index is 1.87. The number of nitrogens with zero attached hydrogens (tertiary/aromatic N) is 3. The molecule has 0 aromatic heterocycles. The second-order valence-electron chi connectivity index (χ2n) is 9.19. The molecular weight excluding hydrogens is 420 g/mol. The van der Waals surface area contributed by atoms with Gasteiger partial charge in [-0.2, -0.15) is 0 Å². The third-order valence-electron chi connectivity index (χ3n) is 6.13. The van der Waals surface area contributed by atoms with Gasteiger partial charge in [0.05, 0.1) is 18.2 Å². The monoisotopic (exact) mass is 456 g/mol. The highest BCUT2D eigenvalue weighted by molar-refractivity contribution is 5.95. The van der Waals surface area contributed by atoms with E-state index in [0.29, 0.717) is 56.3 Å². The Kier molecular flexibility index (Phi) is 8.13. The maximum atomic E-state index is 13.1. The van der Waals surface area contributed by atoms with Crippen molar-refractivity contribution >= 4 is 17.9 Å². The Morgan fingerprint density at radius 1 is 1.18 bits per heavy atom. The molecule has 2 aliphatic rings. The third kappa shape index (κ3) is 5.93. The zero-order valence-electron chi connectivity index (χ0n) is 20.4. The van der Waals surface area contributed by atoms with Gasteiger partial charge in [-0.25, -0.2) is 9.59 Å². The molecule has 0 bridgehead atoms. The Morgan fingerprint density at radius 3 is 2.48 bits per heavy atom. The molecule has 0 saturated carbocycles. The summed E-state index contributed by atoms with van der Waals surface area (Å²) in [5, 5.41) is 2.96. The summed E-state index contributed by atoms with van der Waals surface area (Å²) in [4.78, 5) is 44.0. The normalized spacial score (nSPS) is 19.7. The molecule has 3 amide bonds. The molecular formula is C25H36N4O4. The Bertz CT molecular complexity index is 919. The van der Waals surface area contributed by atoms with E-state index >= 15 is 0 Å². The predicted octanol–water partition coefficient (Wildman–Crippen LogP) is 2.70. The van der Waals surface area contributed by atoms with E-state index in [9.17, 15) is 14.4 Å². The SMILES string of the molecule is CCOC(=O)C1=C(CN2CCN(C(=O)CC(C)C)CC2)N(C)C(=O)N[C@H]1c1cccc(C)c1. The molecule has 2 heterocycles. The zero-order valence-corrected chi connectivity index (χ0v) is 20.4. The number of esters is 1. The number of hydrogen-bond donors (Lipinski definition) is 1. The minimum atomic E-state index is -0.573. The lowest BCUT2D eigenvalue weighted by molar-refractivity contribution is -0.139. The van der Waals surface area contributed by atoms with Crippen LogP contribution in [-0.4, -0.2) is 79.0 Å². The number of urea groups is 1. The number of nitrogens with one attached hydrogen (secondary N) is 1. The number of ether oxygens (including phenoxy) is 1. The molecule has 1 saturated heterocycles. The van der Waals surface area contributed by atoms with Crippen LogP contribution in [0.2, 0.25) is 0 Å². The van der Waals surface area contributed by atoms with Crippen LogP contribution in [0.4, 0.5) is 4.79 Å². The van der Waals surface area contributed by atoms with Crippen molar-refractivity contribution in [1.82, 2.24) is 20.0 Å². The van der Waals surface area contributed by atoms with Gasteiger partial charge in [0, 0.05) is 51.9 Å². The topological polar surface area (TPSA) is 82.2 Å². The van der Waals surface area contributed by atoms with Crippen LogP contribution >= 0.6 is 0 Å². The van der Waals surface area contributed by atoms with E-state index < -0.39 is 12.0 Å². The fraction of sp³-hybridized carbons (Fsp3) is 0.560. The van der Waals surface area contributed by atoms with E-state index in [-0.39, 0.29) is 18.5 Å². The molecule has 0 aliphatic carbocycles. The number of carbonyl (C=O) groups is 3. The molecule has 0 radical (unpaired) electrons. The second kappa shape index (κ2) is 10.8. The fourth-order valence-electron chi connectivity index (χ4n) is 4.34. The van der Waals surface area contributed by atoms with Gasteiger partial charge in [-0.1, -0.05) is 43.7 Å². The molecule has 3 rings (SSSR count). The minimum Gasteiger partial charge on any atom is -0.463 e. The molecule has 1 aromatic carbocycles. The first kappa shape index (κ1) is 24.8. The molecule has 1 fully saturated rings. The van der Waals surface area contributed by atoms with Crippen LogP contribution in [0.25, 0.3) is 0 Å². The lowest BCUT2D eigenvalue weighted by Gasteiger charge is -2.39. The Labute approximate surface area is 196 Å². The molecule has 2 aliphatic heterocycles. The van der Waals surface area contributed by atoms with E-state index in [1.54, 1.807) is 14.0 Å². The first-order chi connectivity index (χ1) is 15.7. The van der Waals surface area contributed by atoms with Crippen molar-refractivity contribution in [3.8, 4) is 0 Å². The number of piperazine rings is 1. The number of likely N-dealkylation sites (N-methyl/N-ethyl adjacent to an activating group) is 1. The first-order valence-corrected chi connectivity index (χ1v) is 11.7. The predicted molar refractivity (Wildman–Crippen MR) is 126 cm³/mol. The first-order valence-electron chi connectivity index (χ1n) is 11.7. The smallest absolute Gasteiger partial charge is 0.338 e. The fourth-order valence-corrected chi connectivity index (χ4v) is 4.34. The average Bonchev–Trinajstić information content (AvgIpc) is 2.76. The van der Waals surface area contributed by atoms with Gasteiger partial charge >= 0.3 is 12.0 Å². The van der Waals surface area contributed by atoms with Crippen LogP contribution < -0.4 is 5.32 Å². The Hall–Kier alpha value is -2.87. The lowest BCUT2D eigenvalue weighted by atomic mass is 9.93. The van der Waals surface area contributed by atoms with Crippen molar-refractivity contribution in [2.24, 2.45) is 5.92 Å². The van der Waals surface area contributed by atoms with Crippen molar-refractivity contribution in [2.45, 2.75) is 40.2 Å². The van der Waals surface area contributed by atoms with E-state index in [1.165, 1.54) is 4.90 Å². The highest BCUT2D eigenvalue weighted by atomic mass is 16.5. The lowest BCUT2D eigenvalue weighted by Crippen LogP contribution is -2.53. The third-order valence-corrected chi connectivity index (χ3v) is 6.13. The van der Waals surface area contributed by atoms with Crippen molar-refractivity contribution in [1.29, 1.82) is 0 Å². The number of carbonyl (C=O) groups excluding carboxylic acids is 3. The average molecular weight is 457 g/mol. The van der Waals surface area contributed by atoms with Crippen LogP contribution in [0, 0.1) is 12.8 Å². The van der Waals surface area contributed by atoms with Crippen molar-refractivity contribution in [2.75, 3.05) is 46.4 Å². The van der Waals surface area contributed by atoms with Crippen molar-refractivity contribution in [3.63, 3.8) is 0 Å². The van der Waals surface area contributed by atoms with Gasteiger partial charge in [-0.3, -0.25) is 14.6 Å². The summed E-state index contributed by atoms with van der Waals surface area (Å²) in [6.45, 7) is 11.2. The van der Waals surface area contributed by atoms with Gasteiger partial charge in [0.1, 0.15) is 0 Å². The second-order valence-corrected chi connectivity index (χ2v) is 9.19. The molecule has 180 valence electrons. The number of benzene rings is 1. The Morgan fingerprint density at radius 2 is 1.88 bits per heavy atom. The minimum absolute atomic E-state index is 0.185. The van der Waals surface area contributed by atoms with E-state index in [2.05, 4.69) is 10.2 Å². The molecule has 1 atom stereocenters. The molecule has 8 nitrogen and oxygen atoms in total. The number of aryl methyl sites for hydroxylation is 1. The molecule has 0 spiro atoms. The van der Waals surface area contributed by atoms with Crippen LogP contribution in [0.5, 0.6) is 0 Å². The maximum absolute atomic E-state index is 13.1. The summed E-state index contributed by atoms with van der Waals surface area (Å²) in [7, 11) is 1.68. The highest BCUT2D eigenvalue weighted by Crippen LogP contribution is 2.32. The van der Waals surface area contributed by atoms with Gasteiger partial charge in [0.15, 0.2) is 0 Å². The largest absolute Gasteiger partial charge is 0.463 e. The summed E-state index contributed by atoms with van der Waals surface area (Å²) in [6.07, 6.45) is 0.555. The summed E-state index contributed by atoms with van der Waals surface area (Å²) in [5.41, 5.74) is 3.00. The standard InChI is InChI=1S/C25H36N4O4/c1-6-33-24(31)22-20(16-28-10-12-29(13-11-28)21(30)14-17(2)3)27(5)25(32)26-23(22)19-9-7-8-18(4)15-19/h7-9,15,17,23H,6,10-14,16H2,1-5H3,(H,26,32)/t23-/m0/s1. The van der Waals surface area contributed by atoms with Gasteiger partial charge < -0.3 is 15.0 Å². The van der Waals surface area contributed by atoms with Gasteiger partial charge in [-0.15, -0.1) is 0 Å². The summed E-state index contributed by atoms with van der Waals surface area (Å²) >= 11 is 0. The number of amides is 3. The van der Waals surface area contributed by atoms with Crippen molar-refractivity contribution in [3.05, 3.63) is 46.7 Å². The summed E-state index contributed by atoms with van der Waals surface area (Å²) < 4.78 is 5.41. The number of hydrogen-bond acceptors (Lipinski definition) is 5. The van der Waals surface area contributed by atoms with Crippen LogP contribution in [0.3, 0.4) is 0 Å². The molecule has 1 aromatic rings. The number of rotatable bonds is 7. The van der Waals surface area contributed by atoms with Crippen LogP contribution in [0.15, 0.2) is 35.5 Å². The highest BCUT2D eigenvalue weighted by Gasteiger charge is 2.37. The van der Waals surface area contributed by atoms with E-state index in [0.717, 1.165) is 11.1 Å². The summed E-state index contributed by atoms with van der Waals surface area (Å²) in [5.74, 6) is 0.0992. The van der Waals surface area contributed by atoms with E-state index in [4.69, 9.17) is 4.74 Å². The molecule has 8 heteroatoms. The van der Waals surface area contributed by atoms with Crippen LogP contribution in [-0.2, 0) is 14.3 Å². The molecule has 1 N–H and O–H groups in total. The van der Waals surface area contributed by atoms with Gasteiger partial charge in [0.25, 0.3) is 0 Å². The van der Waals surface area contributed by atoms with Gasteiger partial charge in [-0.05, 0) is 25.3 Å². The van der Waals surface area contributed by atoms with Crippen LogP contribution in [0.1, 0.15) is 44.4 Å². The molecule has 33 heavy (non-hydrogen) atoms. The summed E-state index contributed by atoms with van der Waals surface area (Å²) in [6, 6.07) is 6.97. The van der Waals surface area contributed by atoms with Crippen molar-refractivity contribution < 1.29 is 19.1 Å². The zero-order chi connectivity index (χ0) is 24.1. The van der Waals surface area contributed by atoms with Gasteiger partial charge in [0.2, 0.25) is 5.91 Å². The quantitative estimate of drug-likeness (QED) is 0.638.